The van der Waals surface area contributed by atoms with Gasteiger partial charge in [-0.15, -0.1) is 0 Å². The second kappa shape index (κ2) is 5.31. The second-order valence-corrected chi connectivity index (χ2v) is 3.94. The van der Waals surface area contributed by atoms with E-state index in [1.165, 1.54) is 17.7 Å². The summed E-state index contributed by atoms with van der Waals surface area (Å²) in [5.74, 6) is -1.10. The molecule has 4 amide bonds. The fraction of sp³-hybridized carbons (Fsp3) is 0.250. The van der Waals surface area contributed by atoms with Gasteiger partial charge in [-0.05, 0) is 18.1 Å². The van der Waals surface area contributed by atoms with E-state index < -0.39 is 17.8 Å². The van der Waals surface area contributed by atoms with Crippen LogP contribution in [0.1, 0.15) is 12.0 Å². The van der Waals surface area contributed by atoms with Crippen molar-refractivity contribution in [3.05, 3.63) is 29.8 Å². The summed E-state index contributed by atoms with van der Waals surface area (Å²) in [7, 11) is 0. The summed E-state index contributed by atoms with van der Waals surface area (Å²) in [6, 6.07) is 7.72. The Balaban J connectivity index is 0.000000134. The van der Waals surface area contributed by atoms with Gasteiger partial charge in [0.05, 0.1) is 0 Å². The van der Waals surface area contributed by atoms with Gasteiger partial charge in [0.2, 0.25) is 11.8 Å². The van der Waals surface area contributed by atoms with Crippen LogP contribution in [-0.2, 0) is 16.0 Å². The van der Waals surface area contributed by atoms with Crippen molar-refractivity contribution in [3.8, 4) is 0 Å². The summed E-state index contributed by atoms with van der Waals surface area (Å²) < 4.78 is 0. The zero-order chi connectivity index (χ0) is 13.0. The first-order valence-corrected chi connectivity index (χ1v) is 5.60. The Hall–Kier alpha value is -2.37. The first-order valence-electron chi connectivity index (χ1n) is 5.60. The Morgan fingerprint density at radius 2 is 1.61 bits per heavy atom. The molecule has 2 aliphatic heterocycles. The zero-order valence-electron chi connectivity index (χ0n) is 9.66. The number of para-hydroxylation sites is 1. The van der Waals surface area contributed by atoms with Crippen LogP contribution in [0.15, 0.2) is 24.3 Å². The standard InChI is InChI=1S/C8H9N.C4H4N2O3/c1-2-4-8-7(3-1)5-6-9-8;7-2-1-3(8)6-4(9)5-2/h1-4,9H,5-6H2;1H2,(H2,5,6,7,8,9). The maximum atomic E-state index is 10.3. The third kappa shape index (κ3) is 3.07. The average Bonchev–Trinajstić information content (AvgIpc) is 2.75. The van der Waals surface area contributed by atoms with Gasteiger partial charge in [0.15, 0.2) is 0 Å². The topological polar surface area (TPSA) is 87.3 Å². The van der Waals surface area contributed by atoms with Gasteiger partial charge >= 0.3 is 6.03 Å². The van der Waals surface area contributed by atoms with Crippen LogP contribution < -0.4 is 16.0 Å². The lowest BCUT2D eigenvalue weighted by Crippen LogP contribution is -2.49. The summed E-state index contributed by atoms with van der Waals surface area (Å²) >= 11 is 0. The van der Waals surface area contributed by atoms with Crippen LogP contribution in [0.5, 0.6) is 0 Å². The molecule has 0 aliphatic carbocycles. The number of carbonyl (C=O) groups is 3. The molecule has 1 fully saturated rings. The highest BCUT2D eigenvalue weighted by Gasteiger charge is 2.20. The van der Waals surface area contributed by atoms with Crippen molar-refractivity contribution in [1.29, 1.82) is 0 Å². The molecule has 0 saturated carbocycles. The van der Waals surface area contributed by atoms with E-state index in [9.17, 15) is 14.4 Å². The lowest BCUT2D eigenvalue weighted by molar-refractivity contribution is -0.129. The molecular formula is C12H13N3O3. The molecule has 3 N–H and O–H groups in total. The molecule has 0 aromatic heterocycles. The highest BCUT2D eigenvalue weighted by molar-refractivity contribution is 6.14. The van der Waals surface area contributed by atoms with Crippen molar-refractivity contribution in [2.45, 2.75) is 12.8 Å². The third-order valence-corrected chi connectivity index (χ3v) is 2.55. The normalized spacial score (nSPS) is 16.8. The van der Waals surface area contributed by atoms with Crippen LogP contribution in [0.25, 0.3) is 0 Å². The molecule has 2 aliphatic rings. The lowest BCUT2D eigenvalue weighted by atomic mass is 10.2. The van der Waals surface area contributed by atoms with Crippen LogP contribution in [0, 0.1) is 0 Å². The van der Waals surface area contributed by atoms with Gasteiger partial charge in [0.25, 0.3) is 0 Å². The van der Waals surface area contributed by atoms with E-state index in [2.05, 4.69) is 29.6 Å². The molecule has 0 unspecified atom stereocenters. The third-order valence-electron chi connectivity index (χ3n) is 2.55. The van der Waals surface area contributed by atoms with Crippen LogP contribution in [0.3, 0.4) is 0 Å². The van der Waals surface area contributed by atoms with Crippen LogP contribution in [0.4, 0.5) is 10.5 Å². The van der Waals surface area contributed by atoms with Gasteiger partial charge < -0.3 is 5.32 Å². The Bertz CT molecular complexity index is 431. The van der Waals surface area contributed by atoms with Crippen LogP contribution in [0.2, 0.25) is 0 Å². The van der Waals surface area contributed by atoms with E-state index in [0.717, 1.165) is 6.54 Å². The molecule has 94 valence electrons. The second-order valence-electron chi connectivity index (χ2n) is 3.94. The molecule has 1 saturated heterocycles. The van der Waals surface area contributed by atoms with E-state index in [4.69, 9.17) is 0 Å². The van der Waals surface area contributed by atoms with Crippen LogP contribution in [-0.4, -0.2) is 24.4 Å². The minimum absolute atomic E-state index is 0.258. The maximum Gasteiger partial charge on any atom is 0.328 e. The number of carbonyl (C=O) groups excluding carboxylic acids is 3. The average molecular weight is 247 g/mol. The van der Waals surface area contributed by atoms with Crippen molar-refractivity contribution in [1.82, 2.24) is 10.6 Å². The summed E-state index contributed by atoms with van der Waals surface area (Å²) in [5.41, 5.74) is 2.77. The SMILES string of the molecule is O=C1CC(=O)NC(=O)N1.c1ccc2c(c1)CCN2. The monoisotopic (exact) mass is 247 g/mol. The molecule has 2 heterocycles. The number of amides is 4. The summed E-state index contributed by atoms with van der Waals surface area (Å²) in [4.78, 5) is 30.8. The molecule has 6 nitrogen and oxygen atoms in total. The van der Waals surface area contributed by atoms with Gasteiger partial charge in [-0.2, -0.15) is 0 Å². The van der Waals surface area contributed by atoms with Crippen molar-refractivity contribution in [3.63, 3.8) is 0 Å². The highest BCUT2D eigenvalue weighted by Crippen LogP contribution is 2.19. The molecule has 0 radical (unpaired) electrons. The predicted molar refractivity (Wildman–Crippen MR) is 64.9 cm³/mol. The Kier molecular flexibility index (Phi) is 3.57. The summed E-state index contributed by atoms with van der Waals surface area (Å²) in [5, 5.41) is 7.10. The van der Waals surface area contributed by atoms with E-state index in [1.807, 2.05) is 10.6 Å². The minimum Gasteiger partial charge on any atom is -0.384 e. The molecule has 1 aromatic rings. The zero-order valence-corrected chi connectivity index (χ0v) is 9.66. The van der Waals surface area contributed by atoms with E-state index in [-0.39, 0.29) is 6.42 Å². The van der Waals surface area contributed by atoms with Crippen molar-refractivity contribution in [2.24, 2.45) is 0 Å². The molecular weight excluding hydrogens is 234 g/mol. The van der Waals surface area contributed by atoms with Crippen molar-refractivity contribution < 1.29 is 14.4 Å². The number of rotatable bonds is 0. The molecule has 3 rings (SSSR count). The summed E-state index contributed by atoms with van der Waals surface area (Å²) in [6.07, 6.45) is 0.932. The van der Waals surface area contributed by atoms with Gasteiger partial charge in [0, 0.05) is 12.2 Å². The number of hydrogen-bond donors (Lipinski definition) is 3. The Labute approximate surface area is 104 Å². The minimum atomic E-state index is -0.740. The number of nitrogens with one attached hydrogen (secondary N) is 3. The number of hydrogen-bond acceptors (Lipinski definition) is 4. The maximum absolute atomic E-state index is 10.3. The smallest absolute Gasteiger partial charge is 0.328 e. The first kappa shape index (κ1) is 12.1. The summed E-state index contributed by atoms with van der Waals surface area (Å²) in [6.45, 7) is 1.11. The quantitative estimate of drug-likeness (QED) is 0.579. The predicted octanol–water partition coefficient (Wildman–Crippen LogP) is 0.397. The molecule has 0 bridgehead atoms. The largest absolute Gasteiger partial charge is 0.384 e. The number of imide groups is 2. The number of urea groups is 1. The first-order chi connectivity index (χ1) is 8.65. The van der Waals surface area contributed by atoms with E-state index in [1.54, 1.807) is 0 Å². The number of anilines is 1. The fourth-order valence-corrected chi connectivity index (χ4v) is 1.76. The van der Waals surface area contributed by atoms with Crippen molar-refractivity contribution >= 4 is 23.5 Å². The van der Waals surface area contributed by atoms with Crippen LogP contribution >= 0.6 is 0 Å². The molecule has 0 atom stereocenters. The molecule has 1 aromatic carbocycles. The number of fused-ring (bicyclic) bond motifs is 1. The van der Waals surface area contributed by atoms with Crippen molar-refractivity contribution in [2.75, 3.05) is 11.9 Å². The fourth-order valence-electron chi connectivity index (χ4n) is 1.76. The van der Waals surface area contributed by atoms with E-state index in [0.29, 0.717) is 0 Å². The lowest BCUT2D eigenvalue weighted by Gasteiger charge is -2.09. The Morgan fingerprint density at radius 1 is 0.944 bits per heavy atom. The number of benzene rings is 1. The van der Waals surface area contributed by atoms with Gasteiger partial charge in [0.1, 0.15) is 6.42 Å². The number of barbiturate groups is 1. The van der Waals surface area contributed by atoms with Gasteiger partial charge in [-0.25, -0.2) is 4.79 Å². The molecule has 0 spiro atoms. The van der Waals surface area contributed by atoms with E-state index >= 15 is 0 Å². The Morgan fingerprint density at radius 3 is 2.22 bits per heavy atom. The molecule has 18 heavy (non-hydrogen) atoms. The highest BCUT2D eigenvalue weighted by atomic mass is 16.2. The molecule has 6 heteroatoms. The van der Waals surface area contributed by atoms with Gasteiger partial charge in [-0.3, -0.25) is 20.2 Å². The van der Waals surface area contributed by atoms with Gasteiger partial charge in [-0.1, -0.05) is 18.2 Å².